The number of aliphatic hydroxyl groups excluding tert-OH is 1. The summed E-state index contributed by atoms with van der Waals surface area (Å²) in [6.45, 7) is 3.11. The molecule has 9 heteroatoms. The Hall–Kier alpha value is -1.67. The minimum absolute atomic E-state index is 0.0939. The number of halogens is 2. The minimum atomic E-state index is -3.32. The second kappa shape index (κ2) is 9.50. The second-order valence-corrected chi connectivity index (χ2v) is 8.56. The maximum Gasteiger partial charge on any atom is 0.229 e. The molecule has 0 aliphatic carbocycles. The molecule has 0 unspecified atom stereocenters. The van der Waals surface area contributed by atoms with Crippen LogP contribution in [-0.2, 0) is 10.0 Å². The van der Waals surface area contributed by atoms with E-state index in [0.29, 0.717) is 34.6 Å². The molecule has 2 rings (SSSR count). The van der Waals surface area contributed by atoms with Crippen LogP contribution in [0.2, 0.25) is 10.0 Å². The zero-order valence-corrected chi connectivity index (χ0v) is 17.4. The van der Waals surface area contributed by atoms with Crippen molar-refractivity contribution in [1.82, 2.24) is 0 Å². The summed E-state index contributed by atoms with van der Waals surface area (Å²) in [5, 5.41) is 11.2. The molecule has 0 aliphatic heterocycles. The van der Waals surface area contributed by atoms with E-state index >= 15 is 0 Å². The van der Waals surface area contributed by atoms with Crippen LogP contribution in [0.15, 0.2) is 42.5 Å². The molecule has 0 bridgehead atoms. The van der Waals surface area contributed by atoms with Gasteiger partial charge in [-0.25, -0.2) is 8.42 Å². The maximum atomic E-state index is 11.2. The molecule has 0 spiro atoms. The molecule has 0 fully saturated rings. The van der Waals surface area contributed by atoms with Gasteiger partial charge in [0, 0.05) is 24.5 Å². The van der Waals surface area contributed by atoms with Crippen molar-refractivity contribution in [2.24, 2.45) is 0 Å². The summed E-state index contributed by atoms with van der Waals surface area (Å²) in [6.07, 6.45) is 0.356. The Morgan fingerprint density at radius 3 is 2.37 bits per heavy atom. The van der Waals surface area contributed by atoms with Crippen LogP contribution in [0.5, 0.6) is 5.75 Å². The van der Waals surface area contributed by atoms with Gasteiger partial charge in [-0.2, -0.15) is 0 Å². The van der Waals surface area contributed by atoms with Gasteiger partial charge in [-0.1, -0.05) is 23.2 Å². The van der Waals surface area contributed by atoms with E-state index in [1.807, 2.05) is 17.9 Å². The Morgan fingerprint density at radius 2 is 1.81 bits per heavy atom. The standard InChI is InChI=1S/C18H22Cl2N2O4S/c1-3-22(14-6-9-17(19)18(20)10-14)11-15(23)12-26-16-7-4-13(5-8-16)21-27(2,24)25/h4-10,15,21,23H,3,11-12H2,1-2H3/t15-/m0/s1. The van der Waals surface area contributed by atoms with E-state index in [2.05, 4.69) is 4.72 Å². The first kappa shape index (κ1) is 21.6. The molecule has 0 saturated carbocycles. The SMILES string of the molecule is CCN(C[C@H](O)COc1ccc(NS(C)(=O)=O)cc1)c1ccc(Cl)c(Cl)c1. The van der Waals surface area contributed by atoms with E-state index in [9.17, 15) is 13.5 Å². The number of rotatable bonds is 9. The van der Waals surface area contributed by atoms with Crippen LogP contribution in [0.3, 0.4) is 0 Å². The Morgan fingerprint density at radius 1 is 1.15 bits per heavy atom. The molecule has 0 aromatic heterocycles. The predicted octanol–water partition coefficient (Wildman–Crippen LogP) is 3.63. The molecular formula is C18H22Cl2N2O4S. The number of likely N-dealkylation sites (N-methyl/N-ethyl adjacent to an activating group) is 1. The van der Waals surface area contributed by atoms with Crippen LogP contribution in [0.1, 0.15) is 6.92 Å². The Kier molecular flexibility index (Phi) is 7.61. The second-order valence-electron chi connectivity index (χ2n) is 6.00. The van der Waals surface area contributed by atoms with Crippen molar-refractivity contribution in [3.05, 3.63) is 52.5 Å². The van der Waals surface area contributed by atoms with Crippen LogP contribution >= 0.6 is 23.2 Å². The molecule has 2 aromatic rings. The lowest BCUT2D eigenvalue weighted by Crippen LogP contribution is -2.35. The fourth-order valence-electron chi connectivity index (χ4n) is 2.43. The molecule has 2 N–H and O–H groups in total. The average molecular weight is 433 g/mol. The van der Waals surface area contributed by atoms with Gasteiger partial charge in [0.1, 0.15) is 18.5 Å². The molecule has 0 saturated heterocycles. The van der Waals surface area contributed by atoms with Gasteiger partial charge in [-0.15, -0.1) is 0 Å². The first-order valence-corrected chi connectivity index (χ1v) is 10.9. The topological polar surface area (TPSA) is 78.9 Å². The van der Waals surface area contributed by atoms with Crippen LogP contribution in [0, 0.1) is 0 Å². The number of hydrogen-bond donors (Lipinski definition) is 2. The monoisotopic (exact) mass is 432 g/mol. The summed E-state index contributed by atoms with van der Waals surface area (Å²) in [4.78, 5) is 1.97. The first-order valence-electron chi connectivity index (χ1n) is 8.26. The summed E-state index contributed by atoms with van der Waals surface area (Å²) >= 11 is 12.0. The number of nitrogens with zero attached hydrogens (tertiary/aromatic N) is 1. The minimum Gasteiger partial charge on any atom is -0.491 e. The van der Waals surface area contributed by atoms with Crippen LogP contribution < -0.4 is 14.4 Å². The Labute approximate surface area is 169 Å². The molecule has 0 heterocycles. The number of aliphatic hydroxyl groups is 1. The third-order valence-electron chi connectivity index (χ3n) is 3.68. The zero-order valence-electron chi connectivity index (χ0n) is 15.0. The molecule has 27 heavy (non-hydrogen) atoms. The first-order chi connectivity index (χ1) is 12.7. The fraction of sp³-hybridized carbons (Fsp3) is 0.333. The lowest BCUT2D eigenvalue weighted by molar-refractivity contribution is 0.112. The molecule has 148 valence electrons. The number of benzene rings is 2. The van der Waals surface area contributed by atoms with E-state index < -0.39 is 16.1 Å². The molecule has 0 aliphatic rings. The molecule has 2 aromatic carbocycles. The van der Waals surface area contributed by atoms with Crippen molar-refractivity contribution in [1.29, 1.82) is 0 Å². The summed E-state index contributed by atoms with van der Waals surface area (Å²) in [5.41, 5.74) is 1.31. The van der Waals surface area contributed by atoms with E-state index in [1.165, 1.54) is 0 Å². The highest BCUT2D eigenvalue weighted by Gasteiger charge is 2.13. The fourth-order valence-corrected chi connectivity index (χ4v) is 3.29. The molecular weight excluding hydrogens is 411 g/mol. The number of ether oxygens (including phenoxy) is 1. The van der Waals surface area contributed by atoms with Gasteiger partial charge in [0.15, 0.2) is 0 Å². The van der Waals surface area contributed by atoms with Crippen molar-refractivity contribution in [2.75, 3.05) is 35.6 Å². The summed E-state index contributed by atoms with van der Waals surface area (Å²) in [6, 6.07) is 11.8. The van der Waals surface area contributed by atoms with Gasteiger partial charge in [-0.3, -0.25) is 4.72 Å². The lowest BCUT2D eigenvalue weighted by atomic mass is 10.2. The van der Waals surface area contributed by atoms with Crippen molar-refractivity contribution in [2.45, 2.75) is 13.0 Å². The van der Waals surface area contributed by atoms with Crippen molar-refractivity contribution in [3.63, 3.8) is 0 Å². The van der Waals surface area contributed by atoms with Gasteiger partial charge in [0.25, 0.3) is 0 Å². The predicted molar refractivity (Wildman–Crippen MR) is 111 cm³/mol. The highest BCUT2D eigenvalue weighted by Crippen LogP contribution is 2.27. The highest BCUT2D eigenvalue weighted by atomic mass is 35.5. The van der Waals surface area contributed by atoms with Crippen LogP contribution in [0.25, 0.3) is 0 Å². The van der Waals surface area contributed by atoms with E-state index in [-0.39, 0.29) is 6.61 Å². The molecule has 1 atom stereocenters. The molecule has 6 nitrogen and oxygen atoms in total. The van der Waals surface area contributed by atoms with Gasteiger partial charge in [0.05, 0.1) is 16.3 Å². The van der Waals surface area contributed by atoms with Crippen molar-refractivity contribution in [3.8, 4) is 5.75 Å². The molecule has 0 radical (unpaired) electrons. The van der Waals surface area contributed by atoms with Crippen LogP contribution in [0.4, 0.5) is 11.4 Å². The van der Waals surface area contributed by atoms with Gasteiger partial charge in [-0.05, 0) is 49.4 Å². The number of nitrogens with one attached hydrogen (secondary N) is 1. The third-order valence-corrected chi connectivity index (χ3v) is 5.03. The largest absolute Gasteiger partial charge is 0.491 e. The quantitative estimate of drug-likeness (QED) is 0.632. The van der Waals surface area contributed by atoms with Crippen molar-refractivity contribution >= 4 is 44.6 Å². The smallest absolute Gasteiger partial charge is 0.229 e. The summed E-state index contributed by atoms with van der Waals surface area (Å²) in [5.74, 6) is 0.533. The lowest BCUT2D eigenvalue weighted by Gasteiger charge is -2.26. The zero-order chi connectivity index (χ0) is 20.0. The van der Waals surface area contributed by atoms with E-state index in [4.69, 9.17) is 27.9 Å². The highest BCUT2D eigenvalue weighted by molar-refractivity contribution is 7.92. The van der Waals surface area contributed by atoms with Gasteiger partial charge < -0.3 is 14.7 Å². The maximum absolute atomic E-state index is 11.2. The van der Waals surface area contributed by atoms with Crippen LogP contribution in [-0.4, -0.2) is 45.6 Å². The van der Waals surface area contributed by atoms with Gasteiger partial charge in [0.2, 0.25) is 10.0 Å². The number of sulfonamides is 1. The Bertz CT molecular complexity index is 860. The van der Waals surface area contributed by atoms with Crippen molar-refractivity contribution < 1.29 is 18.3 Å². The van der Waals surface area contributed by atoms with Gasteiger partial charge >= 0.3 is 0 Å². The van der Waals surface area contributed by atoms with E-state index in [0.717, 1.165) is 11.9 Å². The summed E-state index contributed by atoms with van der Waals surface area (Å²) < 4.78 is 30.3. The summed E-state index contributed by atoms with van der Waals surface area (Å²) in [7, 11) is -3.32. The number of anilines is 2. The molecule has 0 amide bonds. The normalized spacial score (nSPS) is 12.5. The van der Waals surface area contributed by atoms with E-state index in [1.54, 1.807) is 36.4 Å². The average Bonchev–Trinajstić information content (AvgIpc) is 2.60. The Balaban J connectivity index is 1.90. The number of hydrogen-bond acceptors (Lipinski definition) is 5. The third kappa shape index (κ3) is 7.10.